The first-order chi connectivity index (χ1) is 11.5. The van der Waals surface area contributed by atoms with Crippen molar-refractivity contribution >= 4 is 51.0 Å². The van der Waals surface area contributed by atoms with Crippen molar-refractivity contribution in [3.63, 3.8) is 0 Å². The van der Waals surface area contributed by atoms with E-state index in [9.17, 15) is 22.8 Å². The molecule has 9 nitrogen and oxygen atoms in total. The molecular weight excluding hydrogens is 397 g/mol. The first-order valence-electron chi connectivity index (χ1n) is 6.40. The fraction of sp³-hybridized carbons (Fsp3) is 0. The molecule has 25 heavy (non-hydrogen) atoms. The van der Waals surface area contributed by atoms with Crippen molar-refractivity contribution < 1.29 is 22.6 Å². The number of nitrogen functional groups attached to an aromatic ring is 1. The van der Waals surface area contributed by atoms with E-state index >= 15 is 0 Å². The van der Waals surface area contributed by atoms with Crippen LogP contribution in [0.3, 0.4) is 0 Å². The van der Waals surface area contributed by atoms with Crippen LogP contribution in [0.25, 0.3) is 5.69 Å². The molecular formula is C13H7Cl2N3O6S. The topological polar surface area (TPSA) is 149 Å². The van der Waals surface area contributed by atoms with Gasteiger partial charge < -0.3 is 5.73 Å². The minimum absolute atomic E-state index is 0.128. The number of pyridine rings is 1. The van der Waals surface area contributed by atoms with E-state index in [1.54, 1.807) is 0 Å². The van der Waals surface area contributed by atoms with Crippen molar-refractivity contribution in [2.75, 3.05) is 5.73 Å². The standard InChI is InChI=1S/C13H7Cl2N3O6S/c14-5-3-8(25(22,23)24)6(15)2-7(5)18-9(19)1-4-10(11(18)16)13(21)17-12(4)20/h1-3H,16H2,(H,17,20,21)(H,22,23,24). The Morgan fingerprint density at radius 2 is 1.68 bits per heavy atom. The number of rotatable bonds is 2. The van der Waals surface area contributed by atoms with Gasteiger partial charge in [-0.05, 0) is 12.1 Å². The van der Waals surface area contributed by atoms with E-state index in [0.717, 1.165) is 22.8 Å². The number of benzene rings is 1. The highest BCUT2D eigenvalue weighted by atomic mass is 35.5. The predicted molar refractivity (Wildman–Crippen MR) is 88.1 cm³/mol. The predicted octanol–water partition coefficient (Wildman–Crippen LogP) is 0.857. The van der Waals surface area contributed by atoms with Crippen molar-refractivity contribution in [3.05, 3.63) is 49.7 Å². The number of amides is 2. The molecule has 0 saturated carbocycles. The highest BCUT2D eigenvalue weighted by molar-refractivity contribution is 7.86. The Morgan fingerprint density at radius 3 is 2.28 bits per heavy atom. The Hall–Kier alpha value is -2.40. The van der Waals surface area contributed by atoms with E-state index in [1.165, 1.54) is 0 Å². The molecule has 1 aliphatic rings. The van der Waals surface area contributed by atoms with Gasteiger partial charge in [0.1, 0.15) is 10.7 Å². The van der Waals surface area contributed by atoms with Crippen molar-refractivity contribution in [1.29, 1.82) is 0 Å². The lowest BCUT2D eigenvalue weighted by Gasteiger charge is -2.14. The van der Waals surface area contributed by atoms with Gasteiger partial charge in [-0.15, -0.1) is 0 Å². The summed E-state index contributed by atoms with van der Waals surface area (Å²) in [4.78, 5) is 35.1. The zero-order valence-electron chi connectivity index (χ0n) is 11.9. The highest BCUT2D eigenvalue weighted by Gasteiger charge is 2.32. The number of hydrogen-bond acceptors (Lipinski definition) is 6. The molecule has 3 rings (SSSR count). The second-order valence-electron chi connectivity index (χ2n) is 4.98. The highest BCUT2D eigenvalue weighted by Crippen LogP contribution is 2.32. The number of carbonyl (C=O) groups excluding carboxylic acids is 2. The lowest BCUT2D eigenvalue weighted by Crippen LogP contribution is -2.24. The van der Waals surface area contributed by atoms with Crippen molar-refractivity contribution in [3.8, 4) is 5.69 Å². The lowest BCUT2D eigenvalue weighted by molar-refractivity contribution is 0.0880. The van der Waals surface area contributed by atoms with Gasteiger partial charge in [0.05, 0.1) is 26.9 Å². The zero-order chi connectivity index (χ0) is 18.7. The monoisotopic (exact) mass is 403 g/mol. The number of aromatic nitrogens is 1. The number of fused-ring (bicyclic) bond motifs is 1. The molecule has 0 unspecified atom stereocenters. The maximum Gasteiger partial charge on any atom is 0.296 e. The fourth-order valence-corrected chi connectivity index (χ4v) is 3.75. The van der Waals surface area contributed by atoms with Crippen LogP contribution in [0, 0.1) is 0 Å². The molecule has 0 atom stereocenters. The van der Waals surface area contributed by atoms with Gasteiger partial charge in [0, 0.05) is 6.07 Å². The van der Waals surface area contributed by atoms with Gasteiger partial charge in [-0.25, -0.2) is 0 Å². The number of imide groups is 1. The summed E-state index contributed by atoms with van der Waals surface area (Å²) < 4.78 is 32.4. The third-order valence-electron chi connectivity index (χ3n) is 3.47. The van der Waals surface area contributed by atoms with Crippen LogP contribution >= 0.6 is 23.2 Å². The number of hydrogen-bond donors (Lipinski definition) is 3. The van der Waals surface area contributed by atoms with Crippen LogP contribution in [-0.4, -0.2) is 29.4 Å². The minimum atomic E-state index is -4.64. The fourth-order valence-electron chi connectivity index (χ4n) is 2.41. The number of carbonyl (C=O) groups is 2. The number of halogens is 2. The molecule has 4 N–H and O–H groups in total. The van der Waals surface area contributed by atoms with Crippen molar-refractivity contribution in [1.82, 2.24) is 9.88 Å². The molecule has 12 heteroatoms. The maximum atomic E-state index is 12.3. The van der Waals surface area contributed by atoms with E-state index in [4.69, 9.17) is 33.5 Å². The first-order valence-corrected chi connectivity index (χ1v) is 8.60. The number of nitrogens with one attached hydrogen (secondary N) is 1. The SMILES string of the molecule is Nc1c2c(cc(=O)n1-c1cc(Cl)c(S(=O)(=O)O)cc1Cl)C(=O)NC2=O. The molecule has 1 aromatic heterocycles. The second kappa shape index (κ2) is 5.56. The average Bonchev–Trinajstić information content (AvgIpc) is 2.75. The van der Waals surface area contributed by atoms with Crippen LogP contribution < -0.4 is 16.6 Å². The van der Waals surface area contributed by atoms with Gasteiger partial charge in [-0.3, -0.25) is 28.8 Å². The smallest absolute Gasteiger partial charge is 0.296 e. The summed E-state index contributed by atoms with van der Waals surface area (Å²) in [5.74, 6) is -1.92. The molecule has 130 valence electrons. The van der Waals surface area contributed by atoms with Gasteiger partial charge >= 0.3 is 0 Å². The summed E-state index contributed by atoms with van der Waals surface area (Å²) in [6.07, 6.45) is 0. The average molecular weight is 404 g/mol. The zero-order valence-corrected chi connectivity index (χ0v) is 14.2. The Bertz CT molecular complexity index is 1140. The quantitative estimate of drug-likeness (QED) is 0.496. The Morgan fingerprint density at radius 1 is 1.04 bits per heavy atom. The van der Waals surface area contributed by atoms with Crippen LogP contribution in [0.15, 0.2) is 27.9 Å². The lowest BCUT2D eigenvalue weighted by atomic mass is 10.1. The largest absolute Gasteiger partial charge is 0.384 e. The van der Waals surface area contributed by atoms with E-state index in [1.807, 2.05) is 5.32 Å². The summed E-state index contributed by atoms with van der Waals surface area (Å²) in [6.45, 7) is 0. The second-order valence-corrected chi connectivity index (χ2v) is 7.19. The first kappa shape index (κ1) is 17.4. The molecule has 0 radical (unpaired) electrons. The summed E-state index contributed by atoms with van der Waals surface area (Å²) in [6, 6.07) is 2.72. The third kappa shape index (κ3) is 2.68. The molecule has 2 amide bonds. The number of anilines is 1. The normalized spacial score (nSPS) is 13.7. The van der Waals surface area contributed by atoms with E-state index < -0.39 is 37.4 Å². The van der Waals surface area contributed by atoms with Crippen molar-refractivity contribution in [2.24, 2.45) is 0 Å². The summed E-state index contributed by atoms with van der Waals surface area (Å²) in [5, 5.41) is 1.30. The Kier molecular flexibility index (Phi) is 3.88. The molecule has 1 aromatic carbocycles. The molecule has 1 aliphatic heterocycles. The molecule has 2 aromatic rings. The minimum Gasteiger partial charge on any atom is -0.384 e. The van der Waals surface area contributed by atoms with Gasteiger partial charge in [-0.2, -0.15) is 8.42 Å². The third-order valence-corrected chi connectivity index (χ3v) is 5.09. The molecule has 0 spiro atoms. The number of nitrogens with two attached hydrogens (primary N) is 1. The summed E-state index contributed by atoms with van der Waals surface area (Å²) in [7, 11) is -4.64. The van der Waals surface area contributed by atoms with Crippen LogP contribution in [0.4, 0.5) is 5.82 Å². The summed E-state index contributed by atoms with van der Waals surface area (Å²) >= 11 is 11.8. The Balaban J connectivity index is 2.35. The number of nitrogens with zero attached hydrogens (tertiary/aromatic N) is 1. The Labute approximate surface area is 149 Å². The van der Waals surface area contributed by atoms with Gasteiger partial charge in [0.15, 0.2) is 0 Å². The molecule has 0 fully saturated rings. The van der Waals surface area contributed by atoms with Crippen molar-refractivity contribution in [2.45, 2.75) is 4.90 Å². The maximum absolute atomic E-state index is 12.3. The van der Waals surface area contributed by atoms with Gasteiger partial charge in [-0.1, -0.05) is 23.2 Å². The molecule has 0 bridgehead atoms. The molecule has 2 heterocycles. The molecule has 0 aliphatic carbocycles. The van der Waals surface area contributed by atoms with E-state index in [0.29, 0.717) is 0 Å². The summed E-state index contributed by atoms with van der Waals surface area (Å²) in [5.41, 5.74) is 4.53. The van der Waals surface area contributed by atoms with Gasteiger partial charge in [0.2, 0.25) is 0 Å². The molecule has 0 saturated heterocycles. The van der Waals surface area contributed by atoms with Gasteiger partial charge in [0.25, 0.3) is 27.5 Å². The van der Waals surface area contributed by atoms with Crippen LogP contribution in [0.5, 0.6) is 0 Å². The van der Waals surface area contributed by atoms with Crippen LogP contribution in [-0.2, 0) is 10.1 Å². The van der Waals surface area contributed by atoms with Crippen LogP contribution in [0.1, 0.15) is 20.7 Å². The van der Waals surface area contributed by atoms with Crippen LogP contribution in [0.2, 0.25) is 10.0 Å². The van der Waals surface area contributed by atoms with E-state index in [-0.39, 0.29) is 27.7 Å². The van der Waals surface area contributed by atoms with E-state index in [2.05, 4.69) is 0 Å².